The van der Waals surface area contributed by atoms with Gasteiger partial charge in [0.15, 0.2) is 0 Å². The van der Waals surface area contributed by atoms with E-state index in [-0.39, 0.29) is 0 Å². The Balaban J connectivity index is 2.44. The summed E-state index contributed by atoms with van der Waals surface area (Å²) in [7, 11) is 0. The number of aromatic nitrogens is 2. The van der Waals surface area contributed by atoms with Crippen molar-refractivity contribution in [3.8, 4) is 11.1 Å². The first-order chi connectivity index (χ1) is 6.75. The predicted octanol–water partition coefficient (Wildman–Crippen LogP) is 2.03. The maximum Gasteiger partial charge on any atom is 0.123 e. The average molecular weight is 185 g/mol. The molecule has 0 aliphatic carbocycles. The van der Waals surface area contributed by atoms with E-state index in [1.165, 1.54) is 0 Å². The van der Waals surface area contributed by atoms with E-state index in [2.05, 4.69) is 9.97 Å². The maximum absolute atomic E-state index is 5.59. The number of hydrogen-bond acceptors (Lipinski definition) is 3. The van der Waals surface area contributed by atoms with Crippen LogP contribution in [0.3, 0.4) is 0 Å². The topological polar surface area (TPSA) is 51.8 Å². The van der Waals surface area contributed by atoms with Crippen molar-refractivity contribution in [2.24, 2.45) is 0 Å². The third kappa shape index (κ3) is 1.71. The zero-order valence-electron chi connectivity index (χ0n) is 7.94. The van der Waals surface area contributed by atoms with Gasteiger partial charge in [-0.15, -0.1) is 0 Å². The molecule has 0 aliphatic heterocycles. The van der Waals surface area contributed by atoms with Gasteiger partial charge in [0.05, 0.1) is 0 Å². The smallest absolute Gasteiger partial charge is 0.123 e. The highest BCUT2D eigenvalue weighted by Gasteiger charge is 1.98. The molecule has 2 N–H and O–H groups in total. The van der Waals surface area contributed by atoms with Gasteiger partial charge in [-0.2, -0.15) is 0 Å². The molecule has 0 aliphatic rings. The van der Waals surface area contributed by atoms with E-state index < -0.39 is 0 Å². The van der Waals surface area contributed by atoms with E-state index in [1.807, 2.05) is 37.4 Å². The van der Waals surface area contributed by atoms with Crippen LogP contribution in [0, 0.1) is 6.92 Å². The van der Waals surface area contributed by atoms with Gasteiger partial charge in [-0.05, 0) is 30.7 Å². The van der Waals surface area contributed by atoms with Gasteiger partial charge < -0.3 is 5.73 Å². The van der Waals surface area contributed by atoms with E-state index >= 15 is 0 Å². The summed E-state index contributed by atoms with van der Waals surface area (Å²) in [5.74, 6) is 0.531. The lowest BCUT2D eigenvalue weighted by atomic mass is 10.1. The Morgan fingerprint density at radius 1 is 1.07 bits per heavy atom. The normalized spacial score (nSPS) is 10.1. The lowest BCUT2D eigenvalue weighted by molar-refractivity contribution is 1.20. The molecule has 2 rings (SSSR count). The molecule has 0 saturated carbocycles. The van der Waals surface area contributed by atoms with Crippen molar-refractivity contribution >= 4 is 5.82 Å². The SMILES string of the molecule is Cc1ccc(-c2ccnc(N)c2)cn1. The van der Waals surface area contributed by atoms with Crippen molar-refractivity contribution < 1.29 is 0 Å². The third-order valence-electron chi connectivity index (χ3n) is 2.03. The third-order valence-corrected chi connectivity index (χ3v) is 2.03. The first-order valence-corrected chi connectivity index (χ1v) is 4.40. The molecule has 0 radical (unpaired) electrons. The van der Waals surface area contributed by atoms with Gasteiger partial charge in [-0.1, -0.05) is 6.07 Å². The molecular formula is C11H11N3. The number of anilines is 1. The summed E-state index contributed by atoms with van der Waals surface area (Å²) in [4.78, 5) is 8.16. The number of nitrogens with zero attached hydrogens (tertiary/aromatic N) is 2. The molecule has 2 aromatic rings. The Labute approximate surface area is 82.6 Å². The molecule has 2 heterocycles. The summed E-state index contributed by atoms with van der Waals surface area (Å²) in [6.45, 7) is 1.96. The monoisotopic (exact) mass is 185 g/mol. The van der Waals surface area contributed by atoms with Crippen LogP contribution in [0.25, 0.3) is 11.1 Å². The van der Waals surface area contributed by atoms with Crippen LogP contribution in [-0.4, -0.2) is 9.97 Å². The van der Waals surface area contributed by atoms with Crippen molar-refractivity contribution in [3.63, 3.8) is 0 Å². The van der Waals surface area contributed by atoms with E-state index in [0.29, 0.717) is 5.82 Å². The Morgan fingerprint density at radius 2 is 1.93 bits per heavy atom. The van der Waals surface area contributed by atoms with E-state index in [0.717, 1.165) is 16.8 Å². The zero-order chi connectivity index (χ0) is 9.97. The predicted molar refractivity (Wildman–Crippen MR) is 56.6 cm³/mol. The number of hydrogen-bond donors (Lipinski definition) is 1. The van der Waals surface area contributed by atoms with Gasteiger partial charge in [-0.3, -0.25) is 4.98 Å². The number of pyridine rings is 2. The summed E-state index contributed by atoms with van der Waals surface area (Å²) < 4.78 is 0. The molecule has 3 nitrogen and oxygen atoms in total. The van der Waals surface area contributed by atoms with Crippen LogP contribution in [0.15, 0.2) is 36.7 Å². The van der Waals surface area contributed by atoms with Crippen LogP contribution in [0.4, 0.5) is 5.82 Å². The van der Waals surface area contributed by atoms with Crippen LogP contribution in [-0.2, 0) is 0 Å². The van der Waals surface area contributed by atoms with Crippen LogP contribution in [0.2, 0.25) is 0 Å². The summed E-state index contributed by atoms with van der Waals surface area (Å²) >= 11 is 0. The van der Waals surface area contributed by atoms with E-state index in [1.54, 1.807) is 6.20 Å². The molecule has 0 bridgehead atoms. The molecule has 70 valence electrons. The van der Waals surface area contributed by atoms with Gasteiger partial charge in [0.1, 0.15) is 5.82 Å². The highest BCUT2D eigenvalue weighted by Crippen LogP contribution is 2.18. The second-order valence-corrected chi connectivity index (χ2v) is 3.16. The number of rotatable bonds is 1. The summed E-state index contributed by atoms with van der Waals surface area (Å²) in [6.07, 6.45) is 3.54. The number of aryl methyl sites for hydroxylation is 1. The van der Waals surface area contributed by atoms with Gasteiger partial charge in [-0.25, -0.2) is 4.98 Å². The lowest BCUT2D eigenvalue weighted by Gasteiger charge is -2.01. The van der Waals surface area contributed by atoms with Gasteiger partial charge in [0, 0.05) is 23.7 Å². The van der Waals surface area contributed by atoms with Crippen molar-refractivity contribution in [2.45, 2.75) is 6.92 Å². The molecule has 0 atom stereocenters. The number of nitrogen functional groups attached to an aromatic ring is 1. The standard InChI is InChI=1S/C11H11N3/c1-8-2-3-10(7-14-8)9-4-5-13-11(12)6-9/h2-7H,1H3,(H2,12,13). The second-order valence-electron chi connectivity index (χ2n) is 3.16. The largest absolute Gasteiger partial charge is 0.384 e. The highest BCUT2D eigenvalue weighted by atomic mass is 14.8. The summed E-state index contributed by atoms with van der Waals surface area (Å²) in [6, 6.07) is 7.76. The van der Waals surface area contributed by atoms with E-state index in [9.17, 15) is 0 Å². The van der Waals surface area contributed by atoms with Crippen molar-refractivity contribution in [1.82, 2.24) is 9.97 Å². The van der Waals surface area contributed by atoms with Crippen molar-refractivity contribution in [1.29, 1.82) is 0 Å². The first kappa shape index (κ1) is 8.69. The fourth-order valence-corrected chi connectivity index (χ4v) is 1.27. The van der Waals surface area contributed by atoms with E-state index in [4.69, 9.17) is 5.73 Å². The summed E-state index contributed by atoms with van der Waals surface area (Å²) in [5, 5.41) is 0. The fourth-order valence-electron chi connectivity index (χ4n) is 1.27. The van der Waals surface area contributed by atoms with Gasteiger partial charge in [0.2, 0.25) is 0 Å². The molecule has 3 heteroatoms. The van der Waals surface area contributed by atoms with Crippen molar-refractivity contribution in [3.05, 3.63) is 42.4 Å². The molecule has 0 unspecified atom stereocenters. The van der Waals surface area contributed by atoms with Crippen molar-refractivity contribution in [2.75, 3.05) is 5.73 Å². The van der Waals surface area contributed by atoms with Crippen LogP contribution in [0.5, 0.6) is 0 Å². The molecular weight excluding hydrogens is 174 g/mol. The molecule has 0 spiro atoms. The molecule has 0 aromatic carbocycles. The molecule has 0 saturated heterocycles. The molecule has 14 heavy (non-hydrogen) atoms. The first-order valence-electron chi connectivity index (χ1n) is 4.40. The lowest BCUT2D eigenvalue weighted by Crippen LogP contribution is -1.90. The minimum absolute atomic E-state index is 0.531. The minimum Gasteiger partial charge on any atom is -0.384 e. The Bertz CT molecular complexity index is 435. The average Bonchev–Trinajstić information content (AvgIpc) is 2.19. The molecule has 2 aromatic heterocycles. The van der Waals surface area contributed by atoms with Crippen LogP contribution >= 0.6 is 0 Å². The Kier molecular flexibility index (Phi) is 2.14. The zero-order valence-corrected chi connectivity index (χ0v) is 7.94. The highest BCUT2D eigenvalue weighted by molar-refractivity contribution is 5.64. The van der Waals surface area contributed by atoms with Crippen LogP contribution < -0.4 is 5.73 Å². The van der Waals surface area contributed by atoms with Gasteiger partial charge in [0.25, 0.3) is 0 Å². The summed E-state index contributed by atoms with van der Waals surface area (Å²) in [5.41, 5.74) is 8.71. The second kappa shape index (κ2) is 3.46. The van der Waals surface area contributed by atoms with Gasteiger partial charge >= 0.3 is 0 Å². The quantitative estimate of drug-likeness (QED) is 0.739. The minimum atomic E-state index is 0.531. The molecule has 0 amide bonds. The van der Waals surface area contributed by atoms with Crippen LogP contribution in [0.1, 0.15) is 5.69 Å². The Morgan fingerprint density at radius 3 is 2.57 bits per heavy atom. The molecule has 0 fully saturated rings. The Hall–Kier alpha value is -1.90. The number of nitrogens with two attached hydrogens (primary N) is 1. The maximum atomic E-state index is 5.59. The fraction of sp³-hybridized carbons (Fsp3) is 0.0909.